The Balaban J connectivity index is 1.42. The van der Waals surface area contributed by atoms with Crippen molar-refractivity contribution >= 4 is 11.9 Å². The SMILES string of the molecule is CCC(=O)OCOC(=O)CC1OC2OC3COC(C)OC3C2O1. The molecule has 3 fully saturated rings. The topological polar surface area (TPSA) is 98.8 Å². The zero-order valence-corrected chi connectivity index (χ0v) is 13.0. The molecule has 0 radical (unpaired) electrons. The van der Waals surface area contributed by atoms with Crippen LogP contribution in [0.15, 0.2) is 0 Å². The van der Waals surface area contributed by atoms with Crippen LogP contribution in [0.2, 0.25) is 0 Å². The van der Waals surface area contributed by atoms with E-state index in [0.29, 0.717) is 6.61 Å². The largest absolute Gasteiger partial charge is 0.428 e. The molecule has 0 spiro atoms. The highest BCUT2D eigenvalue weighted by Gasteiger charge is 2.55. The second-order valence-electron chi connectivity index (χ2n) is 5.42. The molecule has 0 saturated carbocycles. The number of carbonyl (C=O) groups excluding carboxylic acids is 2. The molecule has 0 aromatic heterocycles. The molecule has 3 heterocycles. The van der Waals surface area contributed by atoms with Gasteiger partial charge in [0, 0.05) is 6.42 Å². The molecule has 0 aliphatic carbocycles. The van der Waals surface area contributed by atoms with Gasteiger partial charge in [-0.15, -0.1) is 0 Å². The average Bonchev–Trinajstić information content (AvgIpc) is 3.04. The number of hydrogen-bond donors (Lipinski definition) is 0. The minimum Gasteiger partial charge on any atom is -0.428 e. The Bertz CT molecular complexity index is 454. The number of carbonyl (C=O) groups is 2. The fourth-order valence-corrected chi connectivity index (χ4v) is 2.65. The van der Waals surface area contributed by atoms with Crippen molar-refractivity contribution in [2.24, 2.45) is 0 Å². The second kappa shape index (κ2) is 7.10. The van der Waals surface area contributed by atoms with E-state index in [0.717, 1.165) is 0 Å². The van der Waals surface area contributed by atoms with Crippen LogP contribution in [0.4, 0.5) is 0 Å². The van der Waals surface area contributed by atoms with Crippen LogP contribution < -0.4 is 0 Å². The molecule has 130 valence electrons. The summed E-state index contributed by atoms with van der Waals surface area (Å²) in [5.74, 6) is -1.03. The third kappa shape index (κ3) is 3.81. The molecule has 9 heteroatoms. The van der Waals surface area contributed by atoms with Crippen LogP contribution in [0, 0.1) is 0 Å². The highest BCUT2D eigenvalue weighted by molar-refractivity contribution is 5.71. The molecule has 3 aliphatic rings. The Morgan fingerprint density at radius 2 is 1.83 bits per heavy atom. The summed E-state index contributed by atoms with van der Waals surface area (Å²) in [5, 5.41) is 0. The van der Waals surface area contributed by atoms with Crippen LogP contribution in [-0.2, 0) is 42.7 Å². The maximum atomic E-state index is 11.7. The van der Waals surface area contributed by atoms with E-state index in [9.17, 15) is 9.59 Å². The molecule has 3 saturated heterocycles. The van der Waals surface area contributed by atoms with Gasteiger partial charge in [-0.25, -0.2) is 0 Å². The Morgan fingerprint density at radius 1 is 1.04 bits per heavy atom. The number of ether oxygens (including phenoxy) is 7. The van der Waals surface area contributed by atoms with Gasteiger partial charge in [0.1, 0.15) is 18.3 Å². The minimum absolute atomic E-state index is 0.122. The quantitative estimate of drug-likeness (QED) is 0.511. The first-order valence-corrected chi connectivity index (χ1v) is 7.61. The molecule has 3 aliphatic heterocycles. The van der Waals surface area contributed by atoms with E-state index in [1.807, 2.05) is 0 Å². The highest BCUT2D eigenvalue weighted by Crippen LogP contribution is 2.37. The summed E-state index contributed by atoms with van der Waals surface area (Å²) in [6, 6.07) is 0. The van der Waals surface area contributed by atoms with E-state index in [2.05, 4.69) is 4.74 Å². The zero-order chi connectivity index (χ0) is 16.4. The molecule has 0 aromatic rings. The van der Waals surface area contributed by atoms with Gasteiger partial charge in [0.15, 0.2) is 18.9 Å². The summed E-state index contributed by atoms with van der Waals surface area (Å²) in [5.41, 5.74) is 0. The molecule has 9 nitrogen and oxygen atoms in total. The average molecular weight is 332 g/mol. The van der Waals surface area contributed by atoms with E-state index < -0.39 is 37.4 Å². The van der Waals surface area contributed by atoms with Gasteiger partial charge in [0.2, 0.25) is 6.79 Å². The van der Waals surface area contributed by atoms with E-state index in [1.54, 1.807) is 13.8 Å². The number of hydrogen-bond acceptors (Lipinski definition) is 9. The molecular weight excluding hydrogens is 312 g/mol. The maximum Gasteiger partial charge on any atom is 0.313 e. The van der Waals surface area contributed by atoms with Gasteiger partial charge in [-0.1, -0.05) is 6.92 Å². The summed E-state index contributed by atoms with van der Waals surface area (Å²) >= 11 is 0. The molecule has 3 rings (SSSR count). The van der Waals surface area contributed by atoms with Gasteiger partial charge in [-0.2, -0.15) is 0 Å². The Hall–Kier alpha value is -1.26. The van der Waals surface area contributed by atoms with Gasteiger partial charge in [-0.3, -0.25) is 9.59 Å². The van der Waals surface area contributed by atoms with E-state index in [-0.39, 0.29) is 31.3 Å². The van der Waals surface area contributed by atoms with Crippen molar-refractivity contribution in [3.63, 3.8) is 0 Å². The van der Waals surface area contributed by atoms with Crippen molar-refractivity contribution in [2.45, 2.75) is 63.9 Å². The first kappa shape index (κ1) is 16.6. The first-order chi connectivity index (χ1) is 11.1. The number of rotatable bonds is 5. The molecule has 0 bridgehead atoms. The fraction of sp³-hybridized carbons (Fsp3) is 0.857. The summed E-state index contributed by atoms with van der Waals surface area (Å²) < 4.78 is 37.3. The minimum atomic E-state index is -0.776. The van der Waals surface area contributed by atoms with Crippen LogP contribution in [-0.4, -0.2) is 62.5 Å². The monoisotopic (exact) mass is 332 g/mol. The Morgan fingerprint density at radius 3 is 2.61 bits per heavy atom. The normalized spacial score (nSPS) is 38.7. The number of esters is 2. The molecular formula is C14H20O9. The van der Waals surface area contributed by atoms with E-state index in [4.69, 9.17) is 28.4 Å². The maximum absolute atomic E-state index is 11.7. The lowest BCUT2D eigenvalue weighted by Gasteiger charge is -2.31. The molecule has 6 unspecified atom stereocenters. The van der Waals surface area contributed by atoms with Crippen LogP contribution in [0.25, 0.3) is 0 Å². The van der Waals surface area contributed by atoms with E-state index in [1.165, 1.54) is 0 Å². The molecule has 0 amide bonds. The lowest BCUT2D eigenvalue weighted by atomic mass is 10.1. The lowest BCUT2D eigenvalue weighted by Crippen LogP contribution is -2.45. The van der Waals surface area contributed by atoms with Crippen molar-refractivity contribution in [3.8, 4) is 0 Å². The van der Waals surface area contributed by atoms with Gasteiger partial charge in [0.05, 0.1) is 13.0 Å². The van der Waals surface area contributed by atoms with Crippen molar-refractivity contribution in [3.05, 3.63) is 0 Å². The molecule has 6 atom stereocenters. The van der Waals surface area contributed by atoms with Crippen molar-refractivity contribution in [2.75, 3.05) is 13.4 Å². The second-order valence-corrected chi connectivity index (χ2v) is 5.42. The lowest BCUT2D eigenvalue weighted by molar-refractivity contribution is -0.263. The van der Waals surface area contributed by atoms with Crippen molar-refractivity contribution < 1.29 is 42.7 Å². The molecule has 0 aromatic carbocycles. The predicted molar refractivity (Wildman–Crippen MR) is 70.7 cm³/mol. The van der Waals surface area contributed by atoms with E-state index >= 15 is 0 Å². The van der Waals surface area contributed by atoms with Gasteiger partial charge >= 0.3 is 11.9 Å². The predicted octanol–water partition coefficient (Wildman–Crippen LogP) is 0.0582. The van der Waals surface area contributed by atoms with Gasteiger partial charge in [0.25, 0.3) is 0 Å². The first-order valence-electron chi connectivity index (χ1n) is 7.61. The summed E-state index contributed by atoms with van der Waals surface area (Å²) in [6.07, 6.45) is -2.52. The van der Waals surface area contributed by atoms with Crippen LogP contribution in [0.3, 0.4) is 0 Å². The van der Waals surface area contributed by atoms with Crippen LogP contribution in [0.1, 0.15) is 26.7 Å². The summed E-state index contributed by atoms with van der Waals surface area (Å²) in [7, 11) is 0. The van der Waals surface area contributed by atoms with Crippen molar-refractivity contribution in [1.29, 1.82) is 0 Å². The Labute approximate surface area is 133 Å². The van der Waals surface area contributed by atoms with Crippen LogP contribution >= 0.6 is 0 Å². The standard InChI is InChI=1S/C14H20O9/c1-3-9(15)18-6-19-10(16)4-11-22-13-12-8(21-14(13)23-11)5-17-7(2)20-12/h7-8,11-14H,3-6H2,1-2H3. The van der Waals surface area contributed by atoms with Gasteiger partial charge in [-0.05, 0) is 6.92 Å². The zero-order valence-electron chi connectivity index (χ0n) is 13.0. The smallest absolute Gasteiger partial charge is 0.313 e. The third-order valence-corrected chi connectivity index (χ3v) is 3.77. The molecule has 23 heavy (non-hydrogen) atoms. The fourth-order valence-electron chi connectivity index (χ4n) is 2.65. The van der Waals surface area contributed by atoms with Crippen molar-refractivity contribution in [1.82, 2.24) is 0 Å². The summed E-state index contributed by atoms with van der Waals surface area (Å²) in [6.45, 7) is 3.45. The number of fused-ring (bicyclic) bond motifs is 3. The molecule has 0 N–H and O–H groups in total. The van der Waals surface area contributed by atoms with Crippen LogP contribution in [0.5, 0.6) is 0 Å². The van der Waals surface area contributed by atoms with Gasteiger partial charge < -0.3 is 33.2 Å². The Kier molecular flexibility index (Phi) is 5.12. The summed E-state index contributed by atoms with van der Waals surface area (Å²) in [4.78, 5) is 22.6. The third-order valence-electron chi connectivity index (χ3n) is 3.77. The highest BCUT2D eigenvalue weighted by atomic mass is 16.8.